The van der Waals surface area contributed by atoms with Gasteiger partial charge < -0.3 is 5.11 Å². The van der Waals surface area contributed by atoms with E-state index in [-0.39, 0.29) is 0 Å². The molecule has 1 unspecified atom stereocenters. The number of hydrogen-bond acceptors (Lipinski definition) is 2. The summed E-state index contributed by atoms with van der Waals surface area (Å²) in [6.45, 7) is 3.46. The van der Waals surface area contributed by atoms with E-state index in [1.165, 1.54) is 11.0 Å². The van der Waals surface area contributed by atoms with E-state index in [0.717, 1.165) is 5.69 Å². The molecule has 0 aromatic heterocycles. The van der Waals surface area contributed by atoms with Gasteiger partial charge in [-0.2, -0.15) is 0 Å². The molecule has 3 rings (SSSR count). The summed E-state index contributed by atoms with van der Waals surface area (Å²) < 4.78 is 0. The van der Waals surface area contributed by atoms with Crippen molar-refractivity contribution in [3.05, 3.63) is 78.5 Å². The number of carbonyl (C=O) groups is 1. The van der Waals surface area contributed by atoms with Crippen LogP contribution in [0.15, 0.2) is 73.0 Å². The van der Waals surface area contributed by atoms with Crippen molar-refractivity contribution < 1.29 is 9.90 Å². The minimum Gasteiger partial charge on any atom is -0.372 e. The second kappa shape index (κ2) is 4.49. The predicted octanol–water partition coefficient (Wildman–Crippen LogP) is 2.89. The Morgan fingerprint density at radius 2 is 1.75 bits per heavy atom. The Morgan fingerprint density at radius 1 is 1.10 bits per heavy atom. The Morgan fingerprint density at radius 3 is 2.45 bits per heavy atom. The number of hydrogen-bond donors (Lipinski definition) is 1. The van der Waals surface area contributed by atoms with Crippen LogP contribution < -0.4 is 4.90 Å². The molecule has 2 aromatic rings. The summed E-state index contributed by atoms with van der Waals surface area (Å²) >= 11 is 0. The molecule has 3 nitrogen and oxygen atoms in total. The first-order valence-corrected chi connectivity index (χ1v) is 6.27. The maximum atomic E-state index is 12.7. The molecule has 0 spiro atoms. The molecule has 1 aliphatic rings. The van der Waals surface area contributed by atoms with Gasteiger partial charge in [0.2, 0.25) is 0 Å². The molecule has 0 saturated heterocycles. The number of anilines is 2. The number of amides is 1. The highest BCUT2D eigenvalue weighted by atomic mass is 16.3. The predicted molar refractivity (Wildman–Crippen MR) is 77.6 cm³/mol. The summed E-state index contributed by atoms with van der Waals surface area (Å²) in [5, 5.41) is 10.7. The van der Waals surface area contributed by atoms with E-state index in [2.05, 4.69) is 12.3 Å². The van der Waals surface area contributed by atoms with Gasteiger partial charge in [0.05, 0.1) is 5.69 Å². The lowest BCUT2D eigenvalue weighted by Crippen LogP contribution is -2.36. The van der Waals surface area contributed by atoms with E-state index in [9.17, 15) is 9.90 Å². The highest BCUT2D eigenvalue weighted by molar-refractivity contribution is 6.12. The monoisotopic (exact) mass is 263 g/mol. The third-order valence-electron chi connectivity index (χ3n) is 3.41. The van der Waals surface area contributed by atoms with Gasteiger partial charge in [-0.15, -0.1) is 5.73 Å². The molecule has 0 bridgehead atoms. The smallest absolute Gasteiger partial charge is 0.273 e. The van der Waals surface area contributed by atoms with E-state index in [1.54, 1.807) is 12.1 Å². The average Bonchev–Trinajstić information content (AvgIpc) is 2.70. The Bertz CT molecular complexity index is 717. The molecule has 1 heterocycles. The largest absolute Gasteiger partial charge is 0.372 e. The van der Waals surface area contributed by atoms with Gasteiger partial charge >= 0.3 is 0 Å². The number of rotatable bonds is 2. The fourth-order valence-electron chi connectivity index (χ4n) is 2.51. The zero-order chi connectivity index (χ0) is 14.2. The van der Waals surface area contributed by atoms with Crippen molar-refractivity contribution >= 4 is 17.3 Å². The van der Waals surface area contributed by atoms with Crippen LogP contribution in [0.1, 0.15) is 5.56 Å². The summed E-state index contributed by atoms with van der Waals surface area (Å²) in [7, 11) is 0. The molecule has 1 amide bonds. The Balaban J connectivity index is 2.25. The first-order valence-electron chi connectivity index (χ1n) is 6.27. The molecule has 2 aromatic carbocycles. The minimum atomic E-state index is -1.70. The van der Waals surface area contributed by atoms with Crippen LogP contribution >= 0.6 is 0 Å². The van der Waals surface area contributed by atoms with Crippen LogP contribution in [-0.4, -0.2) is 11.0 Å². The first kappa shape index (κ1) is 12.4. The fraction of sp³-hybridized carbons (Fsp3) is 0.0588. The SMILES string of the molecule is C=C=CC1(O)C(=O)N(c2ccccc2)c2ccccc21. The Hall–Kier alpha value is -2.61. The summed E-state index contributed by atoms with van der Waals surface area (Å²) in [5.74, 6) is -0.416. The topological polar surface area (TPSA) is 40.5 Å². The summed E-state index contributed by atoms with van der Waals surface area (Å²) in [6.07, 6.45) is 1.30. The van der Waals surface area contributed by atoms with Gasteiger partial charge in [-0.05, 0) is 18.2 Å². The van der Waals surface area contributed by atoms with Crippen molar-refractivity contribution in [1.82, 2.24) is 0 Å². The Labute approximate surface area is 117 Å². The van der Waals surface area contributed by atoms with Crippen molar-refractivity contribution in [1.29, 1.82) is 0 Å². The molecule has 0 aliphatic carbocycles. The second-order valence-corrected chi connectivity index (χ2v) is 4.61. The van der Waals surface area contributed by atoms with Gasteiger partial charge in [-0.3, -0.25) is 9.69 Å². The molecule has 3 heteroatoms. The van der Waals surface area contributed by atoms with E-state index >= 15 is 0 Å². The van der Waals surface area contributed by atoms with Crippen molar-refractivity contribution in [3.63, 3.8) is 0 Å². The van der Waals surface area contributed by atoms with Crippen LogP contribution in [0.5, 0.6) is 0 Å². The van der Waals surface area contributed by atoms with Crippen LogP contribution in [0, 0.1) is 0 Å². The lowest BCUT2D eigenvalue weighted by atomic mass is 9.95. The van der Waals surface area contributed by atoms with Crippen LogP contribution in [0.3, 0.4) is 0 Å². The number of nitrogens with zero attached hydrogens (tertiary/aromatic N) is 1. The fourth-order valence-corrected chi connectivity index (χ4v) is 2.51. The van der Waals surface area contributed by atoms with Gasteiger partial charge in [-0.25, -0.2) is 0 Å². The van der Waals surface area contributed by atoms with Crippen molar-refractivity contribution in [2.45, 2.75) is 5.60 Å². The summed E-state index contributed by atoms with van der Waals surface area (Å²) in [4.78, 5) is 14.2. The van der Waals surface area contributed by atoms with Crippen LogP contribution in [-0.2, 0) is 10.4 Å². The molecule has 20 heavy (non-hydrogen) atoms. The van der Waals surface area contributed by atoms with E-state index in [0.29, 0.717) is 11.3 Å². The third kappa shape index (κ3) is 1.62. The van der Waals surface area contributed by atoms with E-state index in [1.807, 2.05) is 42.5 Å². The van der Waals surface area contributed by atoms with Crippen LogP contribution in [0.4, 0.5) is 11.4 Å². The molecule has 0 fully saturated rings. The van der Waals surface area contributed by atoms with Gasteiger partial charge in [-0.1, -0.05) is 43.0 Å². The average molecular weight is 263 g/mol. The molecular formula is C17H13NO2. The standard InChI is InChI=1S/C17H13NO2/c1-2-12-17(20)14-10-6-7-11-15(14)18(16(17)19)13-8-4-3-5-9-13/h3-12,20H,1H2. The van der Waals surface area contributed by atoms with Gasteiger partial charge in [0.15, 0.2) is 5.60 Å². The van der Waals surface area contributed by atoms with Crippen molar-refractivity contribution in [2.24, 2.45) is 0 Å². The van der Waals surface area contributed by atoms with Gasteiger partial charge in [0.1, 0.15) is 0 Å². The molecule has 0 saturated carbocycles. The van der Waals surface area contributed by atoms with Gasteiger partial charge in [0.25, 0.3) is 5.91 Å². The van der Waals surface area contributed by atoms with Gasteiger partial charge in [0, 0.05) is 17.3 Å². The second-order valence-electron chi connectivity index (χ2n) is 4.61. The number of fused-ring (bicyclic) bond motifs is 1. The first-order chi connectivity index (χ1) is 9.68. The number of benzene rings is 2. The van der Waals surface area contributed by atoms with Crippen LogP contribution in [0.2, 0.25) is 0 Å². The number of carbonyl (C=O) groups excluding carboxylic acids is 1. The molecule has 1 N–H and O–H groups in total. The Kier molecular flexibility index (Phi) is 2.79. The van der Waals surface area contributed by atoms with Crippen LogP contribution in [0.25, 0.3) is 0 Å². The van der Waals surface area contributed by atoms with Crippen molar-refractivity contribution in [3.8, 4) is 0 Å². The van der Waals surface area contributed by atoms with E-state index in [4.69, 9.17) is 0 Å². The highest BCUT2D eigenvalue weighted by Gasteiger charge is 2.48. The normalized spacial score (nSPS) is 20.4. The maximum absolute atomic E-state index is 12.7. The molecular weight excluding hydrogens is 250 g/mol. The third-order valence-corrected chi connectivity index (χ3v) is 3.41. The quantitative estimate of drug-likeness (QED) is 0.846. The zero-order valence-corrected chi connectivity index (χ0v) is 10.8. The lowest BCUT2D eigenvalue weighted by Gasteiger charge is -2.19. The lowest BCUT2D eigenvalue weighted by molar-refractivity contribution is -0.130. The van der Waals surface area contributed by atoms with E-state index < -0.39 is 11.5 Å². The molecule has 0 radical (unpaired) electrons. The number of para-hydroxylation sites is 2. The molecule has 1 atom stereocenters. The molecule has 1 aliphatic heterocycles. The maximum Gasteiger partial charge on any atom is 0.273 e. The minimum absolute atomic E-state index is 0.416. The zero-order valence-electron chi connectivity index (χ0n) is 10.8. The summed E-state index contributed by atoms with van der Waals surface area (Å²) in [6, 6.07) is 16.4. The summed E-state index contributed by atoms with van der Waals surface area (Å²) in [5.41, 5.74) is 2.77. The van der Waals surface area contributed by atoms with Crippen molar-refractivity contribution in [2.75, 3.05) is 4.90 Å². The highest BCUT2D eigenvalue weighted by Crippen LogP contribution is 2.44. The molecule has 98 valence electrons. The number of aliphatic hydroxyl groups is 1.